The van der Waals surface area contributed by atoms with Gasteiger partial charge in [-0.2, -0.15) is 0 Å². The van der Waals surface area contributed by atoms with Gasteiger partial charge in [0.1, 0.15) is 18.2 Å². The van der Waals surface area contributed by atoms with Gasteiger partial charge in [-0.25, -0.2) is 4.39 Å². The molecule has 0 radical (unpaired) electrons. The largest absolute Gasteiger partial charge is 0.488 e. The molecule has 5 nitrogen and oxygen atoms in total. The number of ether oxygens (including phenoxy) is 1. The first-order valence-electron chi connectivity index (χ1n) is 9.50. The van der Waals surface area contributed by atoms with Crippen LogP contribution in [0.15, 0.2) is 48.5 Å². The van der Waals surface area contributed by atoms with Crippen molar-refractivity contribution in [3.8, 4) is 5.75 Å². The normalized spacial score (nSPS) is 14.3. The second-order valence-corrected chi connectivity index (χ2v) is 7.18. The van der Waals surface area contributed by atoms with Gasteiger partial charge in [0, 0.05) is 32.1 Å². The summed E-state index contributed by atoms with van der Waals surface area (Å²) in [5, 5.41) is 0. The van der Waals surface area contributed by atoms with Gasteiger partial charge in [0.25, 0.3) is 5.91 Å². The smallest absolute Gasteiger partial charge is 0.257 e. The lowest BCUT2D eigenvalue weighted by Gasteiger charge is -2.35. The molecule has 0 bridgehead atoms. The van der Waals surface area contributed by atoms with Crippen molar-refractivity contribution in [3.05, 3.63) is 65.5 Å². The standard InChI is InChI=1S/C22H25FN2O3/c1-16(2)21(26)24-11-13-25(14-12-24)22(27)19-5-3-4-6-20(19)28-15-17-7-9-18(23)10-8-17/h3-10,16H,11-15H2,1-2H3. The molecular weight excluding hydrogens is 359 g/mol. The number of carbonyl (C=O) groups is 2. The quantitative estimate of drug-likeness (QED) is 0.794. The Bertz CT molecular complexity index is 828. The number of hydrogen-bond acceptors (Lipinski definition) is 3. The lowest BCUT2D eigenvalue weighted by Crippen LogP contribution is -2.51. The van der Waals surface area contributed by atoms with Crippen LogP contribution in [0.5, 0.6) is 5.75 Å². The highest BCUT2D eigenvalue weighted by molar-refractivity contribution is 5.97. The fraction of sp³-hybridized carbons (Fsp3) is 0.364. The molecule has 28 heavy (non-hydrogen) atoms. The minimum Gasteiger partial charge on any atom is -0.488 e. The molecule has 1 aliphatic heterocycles. The Balaban J connectivity index is 1.64. The molecule has 0 unspecified atom stereocenters. The second-order valence-electron chi connectivity index (χ2n) is 7.18. The molecular formula is C22H25FN2O3. The predicted octanol–water partition coefficient (Wildman–Crippen LogP) is 3.35. The SMILES string of the molecule is CC(C)C(=O)N1CCN(C(=O)c2ccccc2OCc2ccc(F)cc2)CC1. The molecule has 0 aromatic heterocycles. The van der Waals surface area contributed by atoms with E-state index < -0.39 is 0 Å². The van der Waals surface area contributed by atoms with E-state index in [1.54, 1.807) is 35.2 Å². The van der Waals surface area contributed by atoms with Gasteiger partial charge in [0.05, 0.1) is 5.56 Å². The van der Waals surface area contributed by atoms with Crippen LogP contribution in [-0.2, 0) is 11.4 Å². The van der Waals surface area contributed by atoms with E-state index in [0.717, 1.165) is 5.56 Å². The summed E-state index contributed by atoms with van der Waals surface area (Å²) in [6.07, 6.45) is 0. The maximum atomic E-state index is 13.0. The van der Waals surface area contributed by atoms with Gasteiger partial charge in [-0.1, -0.05) is 38.1 Å². The van der Waals surface area contributed by atoms with Crippen LogP contribution in [0.2, 0.25) is 0 Å². The van der Waals surface area contributed by atoms with E-state index in [2.05, 4.69) is 0 Å². The van der Waals surface area contributed by atoms with Crippen molar-refractivity contribution in [1.82, 2.24) is 9.80 Å². The van der Waals surface area contributed by atoms with Crippen molar-refractivity contribution in [1.29, 1.82) is 0 Å². The number of rotatable bonds is 5. The molecule has 2 aromatic rings. The Hall–Kier alpha value is -2.89. The van der Waals surface area contributed by atoms with Crippen molar-refractivity contribution < 1.29 is 18.7 Å². The van der Waals surface area contributed by atoms with E-state index in [4.69, 9.17) is 4.74 Å². The first kappa shape index (κ1) is 19.9. The number of carbonyl (C=O) groups excluding carboxylic acids is 2. The summed E-state index contributed by atoms with van der Waals surface area (Å²) in [6, 6.07) is 13.2. The summed E-state index contributed by atoms with van der Waals surface area (Å²) in [4.78, 5) is 28.7. The minimum atomic E-state index is -0.297. The number of para-hydroxylation sites is 1. The van der Waals surface area contributed by atoms with Gasteiger partial charge in [0.2, 0.25) is 5.91 Å². The maximum absolute atomic E-state index is 13.0. The van der Waals surface area contributed by atoms with Gasteiger partial charge >= 0.3 is 0 Å². The van der Waals surface area contributed by atoms with E-state index in [-0.39, 0.29) is 30.2 Å². The molecule has 148 valence electrons. The molecule has 2 aromatic carbocycles. The highest BCUT2D eigenvalue weighted by Crippen LogP contribution is 2.22. The summed E-state index contributed by atoms with van der Waals surface area (Å²) >= 11 is 0. The van der Waals surface area contributed by atoms with E-state index in [9.17, 15) is 14.0 Å². The molecule has 1 fully saturated rings. The van der Waals surface area contributed by atoms with Crippen molar-refractivity contribution in [2.45, 2.75) is 20.5 Å². The molecule has 1 saturated heterocycles. The summed E-state index contributed by atoms with van der Waals surface area (Å²) < 4.78 is 18.9. The van der Waals surface area contributed by atoms with Crippen LogP contribution in [0.3, 0.4) is 0 Å². The molecule has 2 amide bonds. The Kier molecular flexibility index (Phi) is 6.29. The number of benzene rings is 2. The average molecular weight is 384 g/mol. The van der Waals surface area contributed by atoms with E-state index in [1.807, 2.05) is 24.8 Å². The van der Waals surface area contributed by atoms with Crippen molar-refractivity contribution >= 4 is 11.8 Å². The Morgan fingerprint density at radius 1 is 0.964 bits per heavy atom. The topological polar surface area (TPSA) is 49.9 Å². The van der Waals surface area contributed by atoms with E-state index in [0.29, 0.717) is 37.5 Å². The summed E-state index contributed by atoms with van der Waals surface area (Å²) in [5.74, 6) is 0.177. The monoisotopic (exact) mass is 384 g/mol. The second kappa shape index (κ2) is 8.87. The average Bonchev–Trinajstić information content (AvgIpc) is 2.72. The molecule has 0 N–H and O–H groups in total. The van der Waals surface area contributed by atoms with Crippen molar-refractivity contribution in [2.24, 2.45) is 5.92 Å². The first-order valence-corrected chi connectivity index (χ1v) is 9.50. The van der Waals surface area contributed by atoms with Crippen LogP contribution in [0.25, 0.3) is 0 Å². The fourth-order valence-electron chi connectivity index (χ4n) is 3.18. The lowest BCUT2D eigenvalue weighted by atomic mass is 10.1. The Labute approximate surface area is 164 Å². The molecule has 1 heterocycles. The van der Waals surface area contributed by atoms with Crippen LogP contribution < -0.4 is 4.74 Å². The minimum absolute atomic E-state index is 0.0390. The fourth-order valence-corrected chi connectivity index (χ4v) is 3.18. The van der Waals surface area contributed by atoms with Gasteiger partial charge in [-0.05, 0) is 29.8 Å². The first-order chi connectivity index (χ1) is 13.5. The number of nitrogens with zero attached hydrogens (tertiary/aromatic N) is 2. The highest BCUT2D eigenvalue weighted by Gasteiger charge is 2.27. The molecule has 6 heteroatoms. The molecule has 0 spiro atoms. The van der Waals surface area contributed by atoms with Gasteiger partial charge < -0.3 is 14.5 Å². The highest BCUT2D eigenvalue weighted by atomic mass is 19.1. The predicted molar refractivity (Wildman–Crippen MR) is 104 cm³/mol. The zero-order chi connectivity index (χ0) is 20.1. The van der Waals surface area contributed by atoms with Crippen LogP contribution in [0.1, 0.15) is 29.8 Å². The zero-order valence-corrected chi connectivity index (χ0v) is 16.2. The molecule has 0 saturated carbocycles. The summed E-state index contributed by atoms with van der Waals surface area (Å²) in [5.41, 5.74) is 1.32. The van der Waals surface area contributed by atoms with Crippen LogP contribution in [-0.4, -0.2) is 47.8 Å². The van der Waals surface area contributed by atoms with Gasteiger partial charge in [0.15, 0.2) is 0 Å². The van der Waals surface area contributed by atoms with Crippen molar-refractivity contribution in [3.63, 3.8) is 0 Å². The number of halogens is 1. The molecule has 0 aliphatic carbocycles. The van der Waals surface area contributed by atoms with Crippen LogP contribution in [0, 0.1) is 11.7 Å². The Morgan fingerprint density at radius 3 is 2.21 bits per heavy atom. The lowest BCUT2D eigenvalue weighted by molar-refractivity contribution is -0.135. The number of hydrogen-bond donors (Lipinski definition) is 0. The number of piperazine rings is 1. The van der Waals surface area contributed by atoms with E-state index in [1.165, 1.54) is 12.1 Å². The summed E-state index contributed by atoms with van der Waals surface area (Å²) in [7, 11) is 0. The third kappa shape index (κ3) is 4.68. The van der Waals surface area contributed by atoms with Crippen LogP contribution >= 0.6 is 0 Å². The zero-order valence-electron chi connectivity index (χ0n) is 16.2. The van der Waals surface area contributed by atoms with Crippen molar-refractivity contribution in [2.75, 3.05) is 26.2 Å². The molecule has 3 rings (SSSR count). The third-order valence-corrected chi connectivity index (χ3v) is 4.80. The van der Waals surface area contributed by atoms with Gasteiger partial charge in [-0.3, -0.25) is 9.59 Å². The number of amides is 2. The third-order valence-electron chi connectivity index (χ3n) is 4.80. The molecule has 0 atom stereocenters. The van der Waals surface area contributed by atoms with Gasteiger partial charge in [-0.15, -0.1) is 0 Å². The maximum Gasteiger partial charge on any atom is 0.257 e. The Morgan fingerprint density at radius 2 is 1.57 bits per heavy atom. The van der Waals surface area contributed by atoms with E-state index >= 15 is 0 Å². The van der Waals surface area contributed by atoms with Crippen LogP contribution in [0.4, 0.5) is 4.39 Å². The molecule has 1 aliphatic rings. The summed E-state index contributed by atoms with van der Waals surface area (Å²) in [6.45, 7) is 6.11.